The van der Waals surface area contributed by atoms with Crippen molar-refractivity contribution in [2.24, 2.45) is 4.99 Å². The molecule has 1 aliphatic heterocycles. The molecule has 0 saturated heterocycles. The van der Waals surface area contributed by atoms with Crippen molar-refractivity contribution in [1.29, 1.82) is 0 Å². The van der Waals surface area contributed by atoms with E-state index in [1.807, 2.05) is 39.8 Å². The molecule has 8 heteroatoms. The Kier molecular flexibility index (Phi) is 5.68. The molecule has 0 saturated carbocycles. The molecule has 0 bridgehead atoms. The van der Waals surface area contributed by atoms with Gasteiger partial charge in [-0.15, -0.1) is 21.5 Å². The largest absolute Gasteiger partial charge is 0.460 e. The zero-order chi connectivity index (χ0) is 22.5. The highest BCUT2D eigenvalue weighted by atomic mass is 35.5. The number of nitrogens with zero attached hydrogens (tertiary/aromatic N) is 4. The van der Waals surface area contributed by atoms with Crippen LogP contribution in [-0.2, 0) is 9.53 Å². The maximum absolute atomic E-state index is 12.7. The number of esters is 1. The summed E-state index contributed by atoms with van der Waals surface area (Å²) in [5.41, 5.74) is 3.76. The Bertz CT molecular complexity index is 1150. The highest BCUT2D eigenvalue weighted by Crippen LogP contribution is 2.40. The number of fused-ring (bicyclic) bond motifs is 3. The molecule has 0 aromatic carbocycles. The monoisotopic (exact) mass is 458 g/mol. The third kappa shape index (κ3) is 4.26. The Hall–Kier alpha value is -2.25. The van der Waals surface area contributed by atoms with Crippen molar-refractivity contribution in [3.05, 3.63) is 50.4 Å². The van der Waals surface area contributed by atoms with Crippen molar-refractivity contribution < 1.29 is 9.53 Å². The SMILES string of the molecule is Cc1sc2c(c1C)C(C1=CC=C(Cl)CC1)=N[C@@H](CC(=O)OC(C)(C)C)c1nnc(C)n1-2. The first-order valence-electron chi connectivity index (χ1n) is 10.4. The lowest BCUT2D eigenvalue weighted by Crippen LogP contribution is -2.25. The van der Waals surface area contributed by atoms with Crippen molar-refractivity contribution in [1.82, 2.24) is 14.8 Å². The summed E-state index contributed by atoms with van der Waals surface area (Å²) >= 11 is 7.93. The third-order valence-electron chi connectivity index (χ3n) is 5.42. The van der Waals surface area contributed by atoms with E-state index in [2.05, 4.69) is 28.6 Å². The van der Waals surface area contributed by atoms with E-state index < -0.39 is 11.6 Å². The van der Waals surface area contributed by atoms with Crippen LogP contribution >= 0.6 is 22.9 Å². The fourth-order valence-electron chi connectivity index (χ4n) is 3.90. The number of halogens is 1. The minimum absolute atomic E-state index is 0.107. The molecule has 2 aromatic rings. The highest BCUT2D eigenvalue weighted by Gasteiger charge is 2.34. The Morgan fingerprint density at radius 1 is 1.23 bits per heavy atom. The number of hydrogen-bond donors (Lipinski definition) is 0. The van der Waals surface area contributed by atoms with Crippen LogP contribution in [0.3, 0.4) is 0 Å². The van der Waals surface area contributed by atoms with Gasteiger partial charge in [-0.3, -0.25) is 14.4 Å². The molecule has 0 unspecified atom stereocenters. The van der Waals surface area contributed by atoms with Crippen LogP contribution in [0.2, 0.25) is 0 Å². The van der Waals surface area contributed by atoms with Gasteiger partial charge in [0.2, 0.25) is 0 Å². The molecule has 164 valence electrons. The molecule has 1 aliphatic carbocycles. The summed E-state index contributed by atoms with van der Waals surface area (Å²) in [5, 5.41) is 10.6. The summed E-state index contributed by atoms with van der Waals surface area (Å²) in [6.07, 6.45) is 5.68. The molecule has 0 amide bonds. The molecule has 3 heterocycles. The van der Waals surface area contributed by atoms with Crippen LogP contribution < -0.4 is 0 Å². The summed E-state index contributed by atoms with van der Waals surface area (Å²) in [6, 6.07) is -0.479. The van der Waals surface area contributed by atoms with Crippen molar-refractivity contribution >= 4 is 34.6 Å². The molecule has 1 atom stereocenters. The van der Waals surface area contributed by atoms with Gasteiger partial charge >= 0.3 is 5.97 Å². The van der Waals surface area contributed by atoms with Gasteiger partial charge in [-0.05, 0) is 71.6 Å². The normalized spacial score (nSPS) is 18.4. The second-order valence-electron chi connectivity index (χ2n) is 8.99. The lowest BCUT2D eigenvalue weighted by atomic mass is 9.93. The van der Waals surface area contributed by atoms with Crippen LogP contribution in [0, 0.1) is 20.8 Å². The second kappa shape index (κ2) is 8.02. The lowest BCUT2D eigenvalue weighted by Gasteiger charge is -2.21. The maximum atomic E-state index is 12.7. The van der Waals surface area contributed by atoms with Crippen molar-refractivity contribution in [3.8, 4) is 5.00 Å². The Balaban J connectivity index is 1.89. The van der Waals surface area contributed by atoms with Crippen LogP contribution in [-0.4, -0.2) is 32.0 Å². The standard InChI is InChI=1S/C23H27ClN4O2S/c1-12-13(2)31-22-19(12)20(15-7-9-16(24)10-8-15)25-17(11-18(29)30-23(4,5)6)21-27-26-14(3)28(21)22/h7,9,17H,8,10-11H2,1-6H3/t17-/m0/s1. The average Bonchev–Trinajstić information content (AvgIpc) is 3.14. The van der Waals surface area contributed by atoms with Crippen LogP contribution in [0.1, 0.15) is 73.7 Å². The minimum atomic E-state index is -0.558. The molecule has 0 N–H and O–H groups in total. The smallest absolute Gasteiger partial charge is 0.308 e. The number of ether oxygens (including phenoxy) is 1. The van der Waals surface area contributed by atoms with E-state index >= 15 is 0 Å². The van der Waals surface area contributed by atoms with Gasteiger partial charge in [-0.1, -0.05) is 17.7 Å². The quantitative estimate of drug-likeness (QED) is 0.555. The molecule has 0 fully saturated rings. The molecule has 0 radical (unpaired) electrons. The number of allylic oxidation sites excluding steroid dienone is 4. The molecular formula is C23H27ClN4O2S. The Morgan fingerprint density at radius 2 is 1.97 bits per heavy atom. The summed E-state index contributed by atoms with van der Waals surface area (Å²) in [7, 11) is 0. The zero-order valence-corrected chi connectivity index (χ0v) is 20.3. The van der Waals surface area contributed by atoms with Gasteiger partial charge in [0, 0.05) is 15.5 Å². The maximum Gasteiger partial charge on any atom is 0.308 e. The van der Waals surface area contributed by atoms with E-state index in [4.69, 9.17) is 21.3 Å². The fourth-order valence-corrected chi connectivity index (χ4v) is 5.27. The van der Waals surface area contributed by atoms with E-state index in [1.54, 1.807) is 11.3 Å². The number of rotatable bonds is 3. The predicted octanol–water partition coefficient (Wildman–Crippen LogP) is 5.67. The molecule has 6 nitrogen and oxygen atoms in total. The average molecular weight is 459 g/mol. The van der Waals surface area contributed by atoms with E-state index in [9.17, 15) is 4.79 Å². The Labute approximate surface area is 191 Å². The number of thiophene rings is 1. The summed E-state index contributed by atoms with van der Waals surface area (Å²) < 4.78 is 7.65. The van der Waals surface area contributed by atoms with Gasteiger partial charge in [0.15, 0.2) is 5.82 Å². The topological polar surface area (TPSA) is 69.4 Å². The van der Waals surface area contributed by atoms with Crippen LogP contribution in [0.25, 0.3) is 5.00 Å². The van der Waals surface area contributed by atoms with E-state index in [0.717, 1.165) is 45.5 Å². The molecule has 2 aromatic heterocycles. The summed E-state index contributed by atoms with van der Waals surface area (Å²) in [4.78, 5) is 19.1. The van der Waals surface area contributed by atoms with E-state index in [1.165, 1.54) is 10.4 Å². The predicted molar refractivity (Wildman–Crippen MR) is 124 cm³/mol. The molecular weight excluding hydrogens is 432 g/mol. The molecule has 2 aliphatic rings. The van der Waals surface area contributed by atoms with Gasteiger partial charge in [0.05, 0.1) is 12.1 Å². The molecule has 0 spiro atoms. The minimum Gasteiger partial charge on any atom is -0.460 e. The number of carbonyl (C=O) groups excluding carboxylic acids is 1. The number of aryl methyl sites for hydroxylation is 2. The Morgan fingerprint density at radius 3 is 2.61 bits per heavy atom. The van der Waals surface area contributed by atoms with Crippen molar-refractivity contribution in [2.75, 3.05) is 0 Å². The molecule has 4 rings (SSSR count). The lowest BCUT2D eigenvalue weighted by molar-refractivity contribution is -0.155. The van der Waals surface area contributed by atoms with E-state index in [-0.39, 0.29) is 12.4 Å². The van der Waals surface area contributed by atoms with Gasteiger partial charge in [0.1, 0.15) is 22.5 Å². The van der Waals surface area contributed by atoms with Gasteiger partial charge in [-0.2, -0.15) is 0 Å². The first-order chi connectivity index (χ1) is 14.5. The number of aliphatic imine (C=N–C) groups is 1. The van der Waals surface area contributed by atoms with Gasteiger partial charge < -0.3 is 4.74 Å². The van der Waals surface area contributed by atoms with Gasteiger partial charge in [0.25, 0.3) is 0 Å². The van der Waals surface area contributed by atoms with Crippen molar-refractivity contribution in [3.63, 3.8) is 0 Å². The third-order valence-corrected chi connectivity index (χ3v) is 6.93. The highest BCUT2D eigenvalue weighted by molar-refractivity contribution is 7.15. The van der Waals surface area contributed by atoms with E-state index in [0.29, 0.717) is 5.82 Å². The summed E-state index contributed by atoms with van der Waals surface area (Å²) in [6.45, 7) is 11.8. The second-order valence-corrected chi connectivity index (χ2v) is 10.7. The summed E-state index contributed by atoms with van der Waals surface area (Å²) in [5.74, 6) is 1.15. The molecule has 31 heavy (non-hydrogen) atoms. The fraction of sp³-hybridized carbons (Fsp3) is 0.478. The number of aromatic nitrogens is 3. The zero-order valence-electron chi connectivity index (χ0n) is 18.7. The first-order valence-corrected chi connectivity index (χ1v) is 11.6. The first kappa shape index (κ1) is 22.0. The van der Waals surface area contributed by atoms with Crippen LogP contribution in [0.15, 0.2) is 27.7 Å². The number of carbonyl (C=O) groups is 1. The van der Waals surface area contributed by atoms with Gasteiger partial charge in [-0.25, -0.2) is 0 Å². The van der Waals surface area contributed by atoms with Crippen molar-refractivity contribution in [2.45, 2.75) is 72.4 Å². The van der Waals surface area contributed by atoms with Crippen LogP contribution in [0.5, 0.6) is 0 Å². The number of hydrogen-bond acceptors (Lipinski definition) is 6. The van der Waals surface area contributed by atoms with Crippen LogP contribution in [0.4, 0.5) is 0 Å².